The van der Waals surface area contributed by atoms with Gasteiger partial charge in [0, 0.05) is 16.5 Å². The average Bonchev–Trinajstić information content (AvgIpc) is 3.38. The quantitative estimate of drug-likeness (QED) is 0.206. The maximum atomic E-state index is 12.3. The molecule has 0 amide bonds. The zero-order valence-corrected chi connectivity index (χ0v) is 20.6. The van der Waals surface area contributed by atoms with Crippen molar-refractivity contribution in [2.45, 2.75) is 13.8 Å². The molecule has 0 atom stereocenters. The molecule has 1 aromatic heterocycles. The lowest BCUT2D eigenvalue weighted by molar-refractivity contribution is 0.0921. The minimum atomic E-state index is -0.119. The lowest BCUT2D eigenvalue weighted by atomic mass is 10.1. The largest absolute Gasteiger partial charge is 0.497 e. The second kappa shape index (κ2) is 10.8. The van der Waals surface area contributed by atoms with Crippen molar-refractivity contribution in [3.05, 3.63) is 99.4 Å². The number of hydrogen-bond donors (Lipinski definition) is 0. The van der Waals surface area contributed by atoms with Crippen LogP contribution in [0.15, 0.2) is 72.1 Å². The number of ketones is 1. The zero-order chi connectivity index (χ0) is 24.8. The van der Waals surface area contributed by atoms with Crippen LogP contribution in [0, 0.1) is 25.2 Å². The number of nitriles is 1. The van der Waals surface area contributed by atoms with Gasteiger partial charge >= 0.3 is 0 Å². The fraction of sp³-hybridized carbons (Fsp3) is 0.138. The van der Waals surface area contributed by atoms with E-state index in [-0.39, 0.29) is 12.4 Å². The first-order valence-electron chi connectivity index (χ1n) is 11.0. The van der Waals surface area contributed by atoms with E-state index in [9.17, 15) is 10.1 Å². The van der Waals surface area contributed by atoms with E-state index in [2.05, 4.69) is 43.1 Å². The SMILES string of the molecule is COc1ccc(C(=O)COc2ccc(C=C(C#N)c3nc(-c4ccc(C)c(C)c4)cs3)cc2)cc1. The Hall–Kier alpha value is -4.21. The second-order valence-electron chi connectivity index (χ2n) is 8.02. The number of ether oxygens (including phenoxy) is 2. The molecule has 1 heterocycles. The molecule has 0 aliphatic rings. The molecule has 0 radical (unpaired) electrons. The van der Waals surface area contributed by atoms with E-state index < -0.39 is 0 Å². The summed E-state index contributed by atoms with van der Waals surface area (Å²) < 4.78 is 10.8. The maximum absolute atomic E-state index is 12.3. The summed E-state index contributed by atoms with van der Waals surface area (Å²) in [5.41, 5.74) is 6.25. The number of methoxy groups -OCH3 is 1. The third-order valence-corrected chi connectivity index (χ3v) is 6.51. The van der Waals surface area contributed by atoms with Crippen LogP contribution >= 0.6 is 11.3 Å². The molecule has 0 N–H and O–H groups in total. The molecule has 4 aromatic rings. The number of benzene rings is 3. The van der Waals surface area contributed by atoms with Crippen molar-refractivity contribution in [3.8, 4) is 28.8 Å². The number of allylic oxidation sites excluding steroid dienone is 1. The third kappa shape index (κ3) is 5.84. The van der Waals surface area contributed by atoms with Crippen molar-refractivity contribution in [3.63, 3.8) is 0 Å². The predicted octanol–water partition coefficient (Wildman–Crippen LogP) is 6.76. The molecule has 174 valence electrons. The van der Waals surface area contributed by atoms with Gasteiger partial charge in [-0.25, -0.2) is 4.98 Å². The van der Waals surface area contributed by atoms with Gasteiger partial charge in [0.15, 0.2) is 12.4 Å². The smallest absolute Gasteiger partial charge is 0.200 e. The minimum Gasteiger partial charge on any atom is -0.497 e. The maximum Gasteiger partial charge on any atom is 0.200 e. The molecule has 0 spiro atoms. The van der Waals surface area contributed by atoms with Crippen molar-refractivity contribution >= 4 is 28.8 Å². The van der Waals surface area contributed by atoms with Crippen LogP contribution in [-0.2, 0) is 0 Å². The van der Waals surface area contributed by atoms with Crippen LogP contribution in [0.1, 0.15) is 32.1 Å². The van der Waals surface area contributed by atoms with E-state index in [4.69, 9.17) is 9.47 Å². The summed E-state index contributed by atoms with van der Waals surface area (Å²) in [4.78, 5) is 17.0. The van der Waals surface area contributed by atoms with Crippen molar-refractivity contribution < 1.29 is 14.3 Å². The molecule has 0 saturated heterocycles. The Morgan fingerprint density at radius 3 is 2.37 bits per heavy atom. The fourth-order valence-electron chi connectivity index (χ4n) is 3.41. The minimum absolute atomic E-state index is 0.0641. The number of nitrogens with zero attached hydrogens (tertiary/aromatic N) is 2. The number of Topliss-reactive ketones (excluding diaryl/α,β-unsaturated/α-hetero) is 1. The number of rotatable bonds is 8. The molecular formula is C29H24N2O3S. The summed E-state index contributed by atoms with van der Waals surface area (Å²) in [7, 11) is 1.58. The summed E-state index contributed by atoms with van der Waals surface area (Å²) in [6.45, 7) is 4.09. The lowest BCUT2D eigenvalue weighted by Gasteiger charge is -2.07. The van der Waals surface area contributed by atoms with Gasteiger partial charge in [-0.05, 0) is 79.1 Å². The number of hydrogen-bond acceptors (Lipinski definition) is 6. The number of carbonyl (C=O) groups is 1. The molecule has 0 bridgehead atoms. The van der Waals surface area contributed by atoms with E-state index >= 15 is 0 Å². The molecule has 6 heteroatoms. The molecule has 35 heavy (non-hydrogen) atoms. The molecule has 4 rings (SSSR count). The van der Waals surface area contributed by atoms with Crippen LogP contribution in [0.3, 0.4) is 0 Å². The topological polar surface area (TPSA) is 72.2 Å². The first kappa shape index (κ1) is 23.9. The van der Waals surface area contributed by atoms with Crippen LogP contribution < -0.4 is 9.47 Å². The van der Waals surface area contributed by atoms with Crippen molar-refractivity contribution in [1.82, 2.24) is 4.98 Å². The van der Waals surface area contributed by atoms with Gasteiger partial charge in [-0.1, -0.05) is 24.3 Å². The van der Waals surface area contributed by atoms with Crippen LogP contribution in [0.2, 0.25) is 0 Å². The molecule has 0 fully saturated rings. The Morgan fingerprint density at radius 1 is 1.00 bits per heavy atom. The fourth-order valence-corrected chi connectivity index (χ4v) is 4.20. The summed E-state index contributed by atoms with van der Waals surface area (Å²) in [6.07, 6.45) is 1.80. The molecular weight excluding hydrogens is 456 g/mol. The van der Waals surface area contributed by atoms with Gasteiger partial charge in [0.25, 0.3) is 0 Å². The molecule has 5 nitrogen and oxygen atoms in total. The van der Waals surface area contributed by atoms with Crippen molar-refractivity contribution in [2.75, 3.05) is 13.7 Å². The van der Waals surface area contributed by atoms with Gasteiger partial charge in [-0.2, -0.15) is 5.26 Å². The lowest BCUT2D eigenvalue weighted by Crippen LogP contribution is -2.11. The summed E-state index contributed by atoms with van der Waals surface area (Å²) in [6, 6.07) is 22.7. The second-order valence-corrected chi connectivity index (χ2v) is 8.87. The Kier molecular flexibility index (Phi) is 7.39. The molecule has 0 aliphatic carbocycles. The van der Waals surface area contributed by atoms with Gasteiger partial charge in [0.05, 0.1) is 18.4 Å². The van der Waals surface area contributed by atoms with E-state index in [0.29, 0.717) is 27.6 Å². The monoisotopic (exact) mass is 480 g/mol. The van der Waals surface area contributed by atoms with Crippen LogP contribution in [-0.4, -0.2) is 24.5 Å². The highest BCUT2D eigenvalue weighted by Crippen LogP contribution is 2.28. The Morgan fingerprint density at radius 2 is 1.71 bits per heavy atom. The highest BCUT2D eigenvalue weighted by molar-refractivity contribution is 7.11. The molecule has 0 unspecified atom stereocenters. The summed E-state index contributed by atoms with van der Waals surface area (Å²) in [5.74, 6) is 1.16. The Balaban J connectivity index is 1.42. The van der Waals surface area contributed by atoms with E-state index in [1.165, 1.54) is 22.5 Å². The first-order chi connectivity index (χ1) is 17.0. The zero-order valence-electron chi connectivity index (χ0n) is 19.7. The van der Waals surface area contributed by atoms with Gasteiger partial charge < -0.3 is 9.47 Å². The Labute approximate surface area is 208 Å². The summed E-state index contributed by atoms with van der Waals surface area (Å²) >= 11 is 1.45. The molecule has 3 aromatic carbocycles. The number of aromatic nitrogens is 1. The first-order valence-corrected chi connectivity index (χ1v) is 11.9. The van der Waals surface area contributed by atoms with Gasteiger partial charge in [0.1, 0.15) is 22.6 Å². The highest BCUT2D eigenvalue weighted by Gasteiger charge is 2.11. The normalized spacial score (nSPS) is 11.1. The van der Waals surface area contributed by atoms with Gasteiger partial charge in [-0.15, -0.1) is 11.3 Å². The number of aryl methyl sites for hydroxylation is 2. The Bertz CT molecular complexity index is 1410. The average molecular weight is 481 g/mol. The van der Waals surface area contributed by atoms with E-state index in [1.807, 2.05) is 17.5 Å². The predicted molar refractivity (Wildman–Crippen MR) is 140 cm³/mol. The van der Waals surface area contributed by atoms with Crippen LogP contribution in [0.5, 0.6) is 11.5 Å². The third-order valence-electron chi connectivity index (χ3n) is 5.63. The van der Waals surface area contributed by atoms with Gasteiger partial charge in [-0.3, -0.25) is 4.79 Å². The van der Waals surface area contributed by atoms with Gasteiger partial charge in [0.2, 0.25) is 0 Å². The molecule has 0 saturated carbocycles. The van der Waals surface area contributed by atoms with Crippen molar-refractivity contribution in [2.24, 2.45) is 0 Å². The summed E-state index contributed by atoms with van der Waals surface area (Å²) in [5, 5.41) is 12.4. The number of carbonyl (C=O) groups excluding carboxylic acids is 1. The highest BCUT2D eigenvalue weighted by atomic mass is 32.1. The van der Waals surface area contributed by atoms with Crippen LogP contribution in [0.25, 0.3) is 22.9 Å². The van der Waals surface area contributed by atoms with E-state index in [1.54, 1.807) is 49.6 Å². The van der Waals surface area contributed by atoms with Crippen molar-refractivity contribution in [1.29, 1.82) is 5.26 Å². The van der Waals surface area contributed by atoms with Crippen LogP contribution in [0.4, 0.5) is 0 Å². The van der Waals surface area contributed by atoms with E-state index in [0.717, 1.165) is 16.8 Å². The standard InChI is InChI=1S/C29H24N2O3S/c1-19-4-7-23(14-20(19)2)27-18-35-29(31-27)24(16-30)15-21-5-10-26(11-6-21)34-17-28(32)22-8-12-25(33-3)13-9-22/h4-15,18H,17H2,1-3H3. The number of thiazole rings is 1. The molecule has 0 aliphatic heterocycles.